The minimum atomic E-state index is -0.767. The zero-order valence-electron chi connectivity index (χ0n) is 15.8. The Balaban J connectivity index is 1.45. The molecule has 1 atom stereocenters. The SMILES string of the molecule is O=C(COC(=O)[C@H]1CSCN1C(=O)/C=C/c1ccccc1)NNC(=O)c1cccs1. The maximum absolute atomic E-state index is 12.5. The second-order valence-electron chi connectivity index (χ2n) is 6.16. The highest BCUT2D eigenvalue weighted by atomic mass is 32.2. The van der Waals surface area contributed by atoms with Gasteiger partial charge >= 0.3 is 5.97 Å². The molecule has 10 heteroatoms. The summed E-state index contributed by atoms with van der Waals surface area (Å²) in [6.07, 6.45) is 3.09. The molecule has 0 saturated carbocycles. The van der Waals surface area contributed by atoms with E-state index in [1.165, 1.54) is 34.1 Å². The molecule has 1 aromatic carbocycles. The van der Waals surface area contributed by atoms with Gasteiger partial charge in [-0.2, -0.15) is 0 Å². The number of rotatable bonds is 6. The van der Waals surface area contributed by atoms with E-state index in [0.29, 0.717) is 16.5 Å². The summed E-state index contributed by atoms with van der Waals surface area (Å²) in [6.45, 7) is -0.563. The first-order chi connectivity index (χ1) is 14.5. The number of carbonyl (C=O) groups excluding carboxylic acids is 4. The molecule has 0 unspecified atom stereocenters. The van der Waals surface area contributed by atoms with Crippen molar-refractivity contribution < 1.29 is 23.9 Å². The summed E-state index contributed by atoms with van der Waals surface area (Å²) in [7, 11) is 0. The highest BCUT2D eigenvalue weighted by Crippen LogP contribution is 2.22. The molecule has 2 aromatic rings. The lowest BCUT2D eigenvalue weighted by Gasteiger charge is -2.20. The lowest BCUT2D eigenvalue weighted by Crippen LogP contribution is -2.45. The number of nitrogens with one attached hydrogen (secondary N) is 2. The van der Waals surface area contributed by atoms with Crippen LogP contribution in [0.3, 0.4) is 0 Å². The number of ether oxygens (including phenoxy) is 1. The van der Waals surface area contributed by atoms with E-state index in [2.05, 4.69) is 10.9 Å². The molecule has 2 heterocycles. The normalized spacial score (nSPS) is 15.7. The van der Waals surface area contributed by atoms with Crippen LogP contribution in [-0.4, -0.2) is 52.9 Å². The van der Waals surface area contributed by atoms with Crippen molar-refractivity contribution in [2.75, 3.05) is 18.2 Å². The first-order valence-corrected chi connectivity index (χ1v) is 11.0. The Morgan fingerprint density at radius 3 is 2.63 bits per heavy atom. The fourth-order valence-corrected chi connectivity index (χ4v) is 4.31. The van der Waals surface area contributed by atoms with Gasteiger partial charge in [0.15, 0.2) is 6.61 Å². The van der Waals surface area contributed by atoms with Crippen molar-refractivity contribution >= 4 is 52.9 Å². The molecule has 2 N–H and O–H groups in total. The lowest BCUT2D eigenvalue weighted by atomic mass is 10.2. The number of benzene rings is 1. The van der Waals surface area contributed by atoms with E-state index >= 15 is 0 Å². The molecule has 1 fully saturated rings. The van der Waals surface area contributed by atoms with Crippen LogP contribution >= 0.6 is 23.1 Å². The summed E-state index contributed by atoms with van der Waals surface area (Å²) in [4.78, 5) is 50.2. The number of nitrogens with zero attached hydrogens (tertiary/aromatic N) is 1. The van der Waals surface area contributed by atoms with Crippen molar-refractivity contribution in [3.63, 3.8) is 0 Å². The van der Waals surface area contributed by atoms with Crippen molar-refractivity contribution in [3.05, 3.63) is 64.4 Å². The molecule has 156 valence electrons. The van der Waals surface area contributed by atoms with Gasteiger partial charge in [0.1, 0.15) is 6.04 Å². The van der Waals surface area contributed by atoms with Crippen LogP contribution in [0.25, 0.3) is 6.08 Å². The minimum Gasteiger partial charge on any atom is -0.454 e. The predicted octanol–water partition coefficient (Wildman–Crippen LogP) is 1.67. The summed E-state index contributed by atoms with van der Waals surface area (Å²) in [5.74, 6) is -1.36. The van der Waals surface area contributed by atoms with E-state index in [4.69, 9.17) is 4.74 Å². The van der Waals surface area contributed by atoms with Crippen LogP contribution in [0.2, 0.25) is 0 Å². The molecule has 1 aliphatic rings. The Labute approximate surface area is 181 Å². The third-order valence-electron chi connectivity index (χ3n) is 4.06. The highest BCUT2D eigenvalue weighted by Gasteiger charge is 2.35. The Kier molecular flexibility index (Phi) is 7.63. The number of hydrazine groups is 1. The van der Waals surface area contributed by atoms with Gasteiger partial charge < -0.3 is 9.64 Å². The number of thioether (sulfide) groups is 1. The molecule has 30 heavy (non-hydrogen) atoms. The third-order valence-corrected chi connectivity index (χ3v) is 5.94. The quantitative estimate of drug-likeness (QED) is 0.398. The maximum Gasteiger partial charge on any atom is 0.330 e. The van der Waals surface area contributed by atoms with Crippen LogP contribution in [0.15, 0.2) is 53.9 Å². The Morgan fingerprint density at radius 1 is 1.10 bits per heavy atom. The van der Waals surface area contributed by atoms with E-state index in [1.807, 2.05) is 30.3 Å². The van der Waals surface area contributed by atoms with Crippen molar-refractivity contribution in [2.24, 2.45) is 0 Å². The average Bonchev–Trinajstić information content (AvgIpc) is 3.47. The minimum absolute atomic E-state index is 0.307. The zero-order valence-corrected chi connectivity index (χ0v) is 17.4. The summed E-state index contributed by atoms with van der Waals surface area (Å²) in [5.41, 5.74) is 5.30. The molecule has 3 amide bonds. The second kappa shape index (κ2) is 10.6. The standard InChI is InChI=1S/C20H19N3O5S2/c24-17(21-22-19(26)16-7-4-10-30-16)11-28-20(27)15-12-29-13-23(15)18(25)9-8-14-5-2-1-3-6-14/h1-10,15H,11-13H2,(H,21,24)(H,22,26)/b9-8+/t15-/m1/s1. The lowest BCUT2D eigenvalue weighted by molar-refractivity contribution is -0.154. The average molecular weight is 446 g/mol. The first kappa shape index (κ1) is 21.6. The van der Waals surface area contributed by atoms with Crippen molar-refractivity contribution in [3.8, 4) is 0 Å². The molecule has 8 nitrogen and oxygen atoms in total. The Hall–Kier alpha value is -3.11. The molecule has 0 aliphatic carbocycles. The predicted molar refractivity (Wildman–Crippen MR) is 114 cm³/mol. The van der Waals surface area contributed by atoms with Crippen LogP contribution in [0, 0.1) is 0 Å². The summed E-state index contributed by atoms with van der Waals surface area (Å²) < 4.78 is 5.02. The van der Waals surface area contributed by atoms with Gasteiger partial charge in [-0.05, 0) is 23.1 Å². The molecular weight excluding hydrogens is 426 g/mol. The third kappa shape index (κ3) is 5.94. The first-order valence-electron chi connectivity index (χ1n) is 8.95. The van der Waals surface area contributed by atoms with E-state index in [1.54, 1.807) is 23.6 Å². The van der Waals surface area contributed by atoms with Crippen LogP contribution in [0.1, 0.15) is 15.2 Å². The number of thiophene rings is 1. The number of carbonyl (C=O) groups is 4. The van der Waals surface area contributed by atoms with Crippen LogP contribution < -0.4 is 10.9 Å². The summed E-state index contributed by atoms with van der Waals surface area (Å²) >= 11 is 2.66. The number of hydrogen-bond acceptors (Lipinski definition) is 7. The molecule has 0 radical (unpaired) electrons. The molecule has 0 bridgehead atoms. The number of esters is 1. The van der Waals surface area contributed by atoms with Crippen LogP contribution in [0.5, 0.6) is 0 Å². The van der Waals surface area contributed by atoms with Crippen LogP contribution in [-0.2, 0) is 19.1 Å². The van der Waals surface area contributed by atoms with Crippen molar-refractivity contribution in [1.29, 1.82) is 0 Å². The number of amides is 3. The van der Waals surface area contributed by atoms with E-state index in [-0.39, 0.29) is 5.91 Å². The van der Waals surface area contributed by atoms with Gasteiger partial charge in [-0.3, -0.25) is 25.2 Å². The van der Waals surface area contributed by atoms with Crippen molar-refractivity contribution in [1.82, 2.24) is 15.8 Å². The maximum atomic E-state index is 12.5. The van der Waals surface area contributed by atoms with Crippen molar-refractivity contribution in [2.45, 2.75) is 6.04 Å². The van der Waals surface area contributed by atoms with Gasteiger partial charge in [-0.15, -0.1) is 23.1 Å². The van der Waals surface area contributed by atoms with Gasteiger partial charge in [-0.1, -0.05) is 36.4 Å². The smallest absolute Gasteiger partial charge is 0.330 e. The second-order valence-corrected chi connectivity index (χ2v) is 8.10. The topological polar surface area (TPSA) is 105 Å². The molecular formula is C20H19N3O5S2. The summed E-state index contributed by atoms with van der Waals surface area (Å²) in [5, 5.41) is 1.74. The molecule has 0 spiro atoms. The largest absolute Gasteiger partial charge is 0.454 e. The van der Waals surface area contributed by atoms with Crippen LogP contribution in [0.4, 0.5) is 0 Å². The molecule has 1 aliphatic heterocycles. The molecule has 1 saturated heterocycles. The van der Waals surface area contributed by atoms with E-state index in [0.717, 1.165) is 5.56 Å². The fraction of sp³-hybridized carbons (Fsp3) is 0.200. The molecule has 3 rings (SSSR count). The highest BCUT2D eigenvalue weighted by molar-refractivity contribution is 7.99. The Bertz CT molecular complexity index is 931. The van der Waals surface area contributed by atoms with Gasteiger partial charge in [0, 0.05) is 11.8 Å². The van der Waals surface area contributed by atoms with E-state index in [9.17, 15) is 19.2 Å². The fourth-order valence-electron chi connectivity index (χ4n) is 2.55. The Morgan fingerprint density at radius 2 is 1.90 bits per heavy atom. The van der Waals surface area contributed by atoms with Gasteiger partial charge in [-0.25, -0.2) is 4.79 Å². The monoisotopic (exact) mass is 445 g/mol. The van der Waals surface area contributed by atoms with Gasteiger partial charge in [0.2, 0.25) is 5.91 Å². The number of hydrogen-bond donors (Lipinski definition) is 2. The van der Waals surface area contributed by atoms with Gasteiger partial charge in [0.05, 0.1) is 10.8 Å². The summed E-state index contributed by atoms with van der Waals surface area (Å²) in [6, 6.07) is 11.9. The molecule has 1 aromatic heterocycles. The zero-order chi connectivity index (χ0) is 21.3. The van der Waals surface area contributed by atoms with Gasteiger partial charge in [0.25, 0.3) is 11.8 Å². The van der Waals surface area contributed by atoms with E-state index < -0.39 is 30.4 Å².